The standard InChI is InChI=1S/C14H17ClN2O2S/c1-19-12-5-2-9(15)8-11(12)14(18)17(10-3-4-10)7-6-13(16)20/h2,5,8,10H,3-4,6-7H2,1H3,(H2,16,20). The molecular formula is C14H17ClN2O2S. The Hall–Kier alpha value is -1.33. The number of carbonyl (C=O) groups is 1. The van der Waals surface area contributed by atoms with E-state index in [1.165, 1.54) is 7.11 Å². The zero-order valence-corrected chi connectivity index (χ0v) is 12.8. The fraction of sp³-hybridized carbons (Fsp3) is 0.429. The van der Waals surface area contributed by atoms with Crippen LogP contribution in [0.25, 0.3) is 0 Å². The third kappa shape index (κ3) is 3.61. The van der Waals surface area contributed by atoms with Crippen molar-refractivity contribution in [3.63, 3.8) is 0 Å². The number of benzene rings is 1. The molecule has 0 aromatic heterocycles. The molecule has 20 heavy (non-hydrogen) atoms. The van der Waals surface area contributed by atoms with Crippen LogP contribution in [-0.2, 0) is 0 Å². The molecule has 0 spiro atoms. The molecule has 1 fully saturated rings. The molecule has 2 N–H and O–H groups in total. The maximum Gasteiger partial charge on any atom is 0.257 e. The van der Waals surface area contributed by atoms with Gasteiger partial charge in [-0.3, -0.25) is 4.79 Å². The van der Waals surface area contributed by atoms with Crippen molar-refractivity contribution in [1.29, 1.82) is 0 Å². The van der Waals surface area contributed by atoms with Crippen LogP contribution in [-0.4, -0.2) is 35.5 Å². The Bertz CT molecular complexity index is 532. The van der Waals surface area contributed by atoms with E-state index in [2.05, 4.69) is 0 Å². The Kier molecular flexibility index (Phi) is 4.83. The number of methoxy groups -OCH3 is 1. The van der Waals surface area contributed by atoms with Gasteiger partial charge in [0.1, 0.15) is 5.75 Å². The van der Waals surface area contributed by atoms with Crippen LogP contribution >= 0.6 is 23.8 Å². The highest BCUT2D eigenvalue weighted by molar-refractivity contribution is 7.80. The molecule has 0 atom stereocenters. The Morgan fingerprint density at radius 1 is 1.55 bits per heavy atom. The highest BCUT2D eigenvalue weighted by Crippen LogP contribution is 2.31. The second kappa shape index (κ2) is 6.41. The fourth-order valence-corrected chi connectivity index (χ4v) is 2.33. The molecule has 4 nitrogen and oxygen atoms in total. The second-order valence-electron chi connectivity index (χ2n) is 4.79. The molecule has 1 saturated carbocycles. The number of ether oxygens (including phenoxy) is 1. The lowest BCUT2D eigenvalue weighted by Crippen LogP contribution is -2.35. The van der Waals surface area contributed by atoms with Gasteiger partial charge in [-0.1, -0.05) is 23.8 Å². The summed E-state index contributed by atoms with van der Waals surface area (Å²) in [4.78, 5) is 14.9. The summed E-state index contributed by atoms with van der Waals surface area (Å²) in [6.45, 7) is 0.536. The van der Waals surface area contributed by atoms with Crippen molar-refractivity contribution in [2.24, 2.45) is 5.73 Å². The summed E-state index contributed by atoms with van der Waals surface area (Å²) >= 11 is 10.9. The highest BCUT2D eigenvalue weighted by atomic mass is 35.5. The van der Waals surface area contributed by atoms with E-state index in [9.17, 15) is 4.79 Å². The first-order valence-electron chi connectivity index (χ1n) is 6.45. The van der Waals surface area contributed by atoms with E-state index in [1.54, 1.807) is 18.2 Å². The Morgan fingerprint density at radius 3 is 2.80 bits per heavy atom. The van der Waals surface area contributed by atoms with Crippen molar-refractivity contribution in [3.8, 4) is 5.75 Å². The predicted octanol–water partition coefficient (Wildman–Crippen LogP) is 2.63. The van der Waals surface area contributed by atoms with Crippen LogP contribution in [0.3, 0.4) is 0 Å². The molecule has 1 aliphatic carbocycles. The first-order valence-corrected chi connectivity index (χ1v) is 7.24. The van der Waals surface area contributed by atoms with Crippen molar-refractivity contribution in [3.05, 3.63) is 28.8 Å². The van der Waals surface area contributed by atoms with Crippen molar-refractivity contribution in [1.82, 2.24) is 4.90 Å². The Morgan fingerprint density at radius 2 is 2.25 bits per heavy atom. The molecule has 1 aliphatic rings. The maximum absolute atomic E-state index is 12.7. The molecule has 2 rings (SSSR count). The van der Waals surface area contributed by atoms with Crippen LogP contribution in [0.2, 0.25) is 5.02 Å². The van der Waals surface area contributed by atoms with Crippen LogP contribution in [0.15, 0.2) is 18.2 Å². The summed E-state index contributed by atoms with van der Waals surface area (Å²) in [6.07, 6.45) is 2.57. The second-order valence-corrected chi connectivity index (χ2v) is 5.75. The average molecular weight is 313 g/mol. The number of hydrogen-bond donors (Lipinski definition) is 1. The SMILES string of the molecule is COc1ccc(Cl)cc1C(=O)N(CCC(N)=S)C1CC1. The van der Waals surface area contributed by atoms with Gasteiger partial charge in [0, 0.05) is 24.0 Å². The maximum atomic E-state index is 12.7. The van der Waals surface area contributed by atoms with E-state index in [-0.39, 0.29) is 11.9 Å². The van der Waals surface area contributed by atoms with Gasteiger partial charge in [0.25, 0.3) is 5.91 Å². The van der Waals surface area contributed by atoms with Crippen LogP contribution in [0.4, 0.5) is 0 Å². The lowest BCUT2D eigenvalue weighted by molar-refractivity contribution is 0.0744. The number of hydrogen-bond acceptors (Lipinski definition) is 3. The Balaban J connectivity index is 2.22. The zero-order chi connectivity index (χ0) is 14.7. The van der Waals surface area contributed by atoms with E-state index < -0.39 is 0 Å². The van der Waals surface area contributed by atoms with Gasteiger partial charge in [-0.2, -0.15) is 0 Å². The Labute approximate surface area is 128 Å². The molecule has 1 aromatic carbocycles. The van der Waals surface area contributed by atoms with Crippen molar-refractivity contribution in [2.75, 3.05) is 13.7 Å². The molecule has 0 heterocycles. The van der Waals surface area contributed by atoms with Crippen molar-refractivity contribution >= 4 is 34.7 Å². The van der Waals surface area contributed by atoms with Crippen LogP contribution in [0.1, 0.15) is 29.6 Å². The van der Waals surface area contributed by atoms with E-state index in [4.69, 9.17) is 34.3 Å². The minimum atomic E-state index is -0.0805. The van der Waals surface area contributed by atoms with Crippen LogP contribution in [0, 0.1) is 0 Å². The summed E-state index contributed by atoms with van der Waals surface area (Å²) in [5.74, 6) is 0.448. The number of rotatable bonds is 6. The number of carbonyl (C=O) groups excluding carboxylic acids is 1. The van der Waals surface area contributed by atoms with E-state index >= 15 is 0 Å². The molecule has 0 saturated heterocycles. The monoisotopic (exact) mass is 312 g/mol. The molecule has 6 heteroatoms. The van der Waals surface area contributed by atoms with Crippen LogP contribution in [0.5, 0.6) is 5.75 Å². The lowest BCUT2D eigenvalue weighted by atomic mass is 10.1. The number of thiocarbonyl (C=S) groups is 1. The molecule has 108 valence electrons. The largest absolute Gasteiger partial charge is 0.496 e. The van der Waals surface area contributed by atoms with Crippen LogP contribution < -0.4 is 10.5 Å². The molecule has 1 amide bonds. The summed E-state index contributed by atoms with van der Waals surface area (Å²) in [5.41, 5.74) is 6.01. The molecule has 0 bridgehead atoms. The third-order valence-electron chi connectivity index (χ3n) is 3.24. The number of nitrogens with two attached hydrogens (primary N) is 1. The van der Waals surface area contributed by atoms with E-state index in [0.29, 0.717) is 34.3 Å². The van der Waals surface area contributed by atoms with Gasteiger partial charge in [-0.15, -0.1) is 0 Å². The fourth-order valence-electron chi connectivity index (χ4n) is 2.07. The van der Waals surface area contributed by atoms with Crippen molar-refractivity contribution in [2.45, 2.75) is 25.3 Å². The zero-order valence-electron chi connectivity index (χ0n) is 11.3. The average Bonchev–Trinajstić information content (AvgIpc) is 3.23. The lowest BCUT2D eigenvalue weighted by Gasteiger charge is -2.23. The minimum Gasteiger partial charge on any atom is -0.496 e. The highest BCUT2D eigenvalue weighted by Gasteiger charge is 2.33. The first kappa shape index (κ1) is 15.1. The first-order chi connectivity index (χ1) is 9.52. The topological polar surface area (TPSA) is 55.6 Å². The number of amides is 1. The van der Waals surface area contributed by atoms with Gasteiger partial charge >= 0.3 is 0 Å². The summed E-state index contributed by atoms with van der Waals surface area (Å²) in [7, 11) is 1.54. The summed E-state index contributed by atoms with van der Waals surface area (Å²) < 4.78 is 5.24. The number of halogens is 1. The molecule has 0 unspecified atom stereocenters. The van der Waals surface area contributed by atoms with Gasteiger partial charge in [-0.25, -0.2) is 0 Å². The van der Waals surface area contributed by atoms with Crippen molar-refractivity contribution < 1.29 is 9.53 Å². The third-order valence-corrected chi connectivity index (χ3v) is 3.68. The van der Waals surface area contributed by atoms with Gasteiger partial charge in [0.2, 0.25) is 0 Å². The van der Waals surface area contributed by atoms with Gasteiger partial charge in [0.05, 0.1) is 17.7 Å². The molecular weight excluding hydrogens is 296 g/mol. The van der Waals surface area contributed by atoms with Gasteiger partial charge in [0.15, 0.2) is 0 Å². The molecule has 0 radical (unpaired) electrons. The van der Waals surface area contributed by atoms with E-state index in [1.807, 2.05) is 4.90 Å². The predicted molar refractivity (Wildman–Crippen MR) is 83.5 cm³/mol. The molecule has 0 aliphatic heterocycles. The van der Waals surface area contributed by atoms with Gasteiger partial charge in [-0.05, 0) is 31.0 Å². The quantitative estimate of drug-likeness (QED) is 0.820. The summed E-state index contributed by atoms with van der Waals surface area (Å²) in [6, 6.07) is 5.32. The smallest absolute Gasteiger partial charge is 0.257 e. The van der Waals surface area contributed by atoms with E-state index in [0.717, 1.165) is 12.8 Å². The number of nitrogens with zero attached hydrogens (tertiary/aromatic N) is 1. The molecule has 1 aromatic rings. The summed E-state index contributed by atoms with van der Waals surface area (Å²) in [5, 5.41) is 0.513. The van der Waals surface area contributed by atoms with Gasteiger partial charge < -0.3 is 15.4 Å². The minimum absolute atomic E-state index is 0.0805. The normalized spacial score (nSPS) is 13.9.